The van der Waals surface area contributed by atoms with E-state index in [0.29, 0.717) is 23.5 Å². The Morgan fingerprint density at radius 3 is 2.67 bits per heavy atom. The molecule has 4 nitrogen and oxygen atoms in total. The molecule has 0 amide bonds. The molecule has 0 atom stereocenters. The molecule has 1 aromatic heterocycles. The van der Waals surface area contributed by atoms with Crippen LogP contribution in [0.2, 0.25) is 0 Å². The number of carbonyl (C=O) groups is 1. The highest BCUT2D eigenvalue weighted by Crippen LogP contribution is 2.12. The third-order valence-electron chi connectivity index (χ3n) is 2.61. The summed E-state index contributed by atoms with van der Waals surface area (Å²) in [6, 6.07) is 9.87. The van der Waals surface area contributed by atoms with Gasteiger partial charge in [0, 0.05) is 12.6 Å². The topological polar surface area (TPSA) is 52.1 Å². The second kappa shape index (κ2) is 5.40. The Kier molecular flexibility index (Phi) is 3.67. The van der Waals surface area contributed by atoms with Crippen LogP contribution in [0.1, 0.15) is 27.4 Å². The number of carbonyl (C=O) groups excluding carboxylic acids is 1. The van der Waals surface area contributed by atoms with E-state index in [1.54, 1.807) is 6.92 Å². The standard InChI is InChI=1S/C14H14N2O2/c1-10-15-9-12(14(17)18-2)13(16-10)8-11-6-4-3-5-7-11/h3-7,9H,8H2,1-2H3. The average Bonchev–Trinajstić information content (AvgIpc) is 2.39. The van der Waals surface area contributed by atoms with Crippen LogP contribution < -0.4 is 0 Å². The molecule has 2 rings (SSSR count). The molecule has 0 spiro atoms. The van der Waals surface area contributed by atoms with Crippen LogP contribution in [0.5, 0.6) is 0 Å². The monoisotopic (exact) mass is 242 g/mol. The third-order valence-corrected chi connectivity index (χ3v) is 2.61. The number of hydrogen-bond acceptors (Lipinski definition) is 4. The van der Waals surface area contributed by atoms with Crippen LogP contribution in [0.15, 0.2) is 36.5 Å². The highest BCUT2D eigenvalue weighted by molar-refractivity contribution is 5.90. The van der Waals surface area contributed by atoms with Crippen molar-refractivity contribution in [2.45, 2.75) is 13.3 Å². The Morgan fingerprint density at radius 2 is 2.00 bits per heavy atom. The maximum absolute atomic E-state index is 11.6. The normalized spacial score (nSPS) is 10.1. The molecule has 0 aliphatic carbocycles. The van der Waals surface area contributed by atoms with E-state index in [4.69, 9.17) is 4.74 Å². The van der Waals surface area contributed by atoms with Crippen molar-refractivity contribution in [3.05, 3.63) is 59.2 Å². The van der Waals surface area contributed by atoms with Crippen molar-refractivity contribution in [2.24, 2.45) is 0 Å². The van der Waals surface area contributed by atoms with Crippen LogP contribution in [0.4, 0.5) is 0 Å². The fourth-order valence-electron chi connectivity index (χ4n) is 1.72. The first-order chi connectivity index (χ1) is 8.70. The van der Waals surface area contributed by atoms with Gasteiger partial charge in [-0.1, -0.05) is 30.3 Å². The van der Waals surface area contributed by atoms with Gasteiger partial charge in [0.25, 0.3) is 0 Å². The highest BCUT2D eigenvalue weighted by atomic mass is 16.5. The Bertz CT molecular complexity index is 553. The third kappa shape index (κ3) is 2.71. The minimum Gasteiger partial charge on any atom is -0.465 e. The minimum atomic E-state index is -0.402. The largest absolute Gasteiger partial charge is 0.465 e. The molecule has 0 radical (unpaired) electrons. The minimum absolute atomic E-state index is 0.402. The Hall–Kier alpha value is -2.23. The van der Waals surface area contributed by atoms with Crippen molar-refractivity contribution in [1.82, 2.24) is 9.97 Å². The molecule has 0 aliphatic rings. The lowest BCUT2D eigenvalue weighted by Crippen LogP contribution is -2.10. The second-order valence-corrected chi connectivity index (χ2v) is 3.93. The van der Waals surface area contributed by atoms with Crippen LogP contribution in [-0.2, 0) is 11.2 Å². The number of ether oxygens (including phenoxy) is 1. The zero-order valence-corrected chi connectivity index (χ0v) is 10.4. The molecule has 0 unspecified atom stereocenters. The zero-order valence-electron chi connectivity index (χ0n) is 10.4. The first kappa shape index (κ1) is 12.2. The summed E-state index contributed by atoms with van der Waals surface area (Å²) in [5.41, 5.74) is 2.22. The van der Waals surface area contributed by atoms with Gasteiger partial charge in [0.05, 0.1) is 18.4 Å². The summed E-state index contributed by atoms with van der Waals surface area (Å²) in [6.07, 6.45) is 2.11. The van der Waals surface area contributed by atoms with E-state index in [2.05, 4.69) is 9.97 Å². The molecule has 0 aliphatic heterocycles. The van der Waals surface area contributed by atoms with Crippen molar-refractivity contribution >= 4 is 5.97 Å². The van der Waals surface area contributed by atoms with E-state index in [9.17, 15) is 4.79 Å². The smallest absolute Gasteiger partial charge is 0.341 e. The lowest BCUT2D eigenvalue weighted by molar-refractivity contribution is 0.0598. The first-order valence-electron chi connectivity index (χ1n) is 5.65. The number of aryl methyl sites for hydroxylation is 1. The van der Waals surface area contributed by atoms with Crippen molar-refractivity contribution in [2.75, 3.05) is 7.11 Å². The van der Waals surface area contributed by atoms with Crippen LogP contribution >= 0.6 is 0 Å². The van der Waals surface area contributed by atoms with Gasteiger partial charge in [-0.15, -0.1) is 0 Å². The van der Waals surface area contributed by atoms with Gasteiger partial charge in [0.2, 0.25) is 0 Å². The van der Waals surface area contributed by atoms with Gasteiger partial charge in [-0.3, -0.25) is 0 Å². The number of benzene rings is 1. The van der Waals surface area contributed by atoms with E-state index in [-0.39, 0.29) is 0 Å². The van der Waals surface area contributed by atoms with E-state index >= 15 is 0 Å². The SMILES string of the molecule is COC(=O)c1cnc(C)nc1Cc1ccccc1. The van der Waals surface area contributed by atoms with Crippen LogP contribution in [0, 0.1) is 6.92 Å². The van der Waals surface area contributed by atoms with Crippen molar-refractivity contribution < 1.29 is 9.53 Å². The quantitative estimate of drug-likeness (QED) is 0.774. The summed E-state index contributed by atoms with van der Waals surface area (Å²) in [5.74, 6) is 0.245. The lowest BCUT2D eigenvalue weighted by Gasteiger charge is -2.07. The summed E-state index contributed by atoms with van der Waals surface area (Å²) in [5, 5.41) is 0. The van der Waals surface area contributed by atoms with Gasteiger partial charge in [-0.25, -0.2) is 14.8 Å². The van der Waals surface area contributed by atoms with E-state index in [0.717, 1.165) is 5.56 Å². The molecule has 0 fully saturated rings. The summed E-state index contributed by atoms with van der Waals surface area (Å²) in [7, 11) is 1.36. The van der Waals surface area contributed by atoms with Crippen molar-refractivity contribution in [3.63, 3.8) is 0 Å². The summed E-state index contributed by atoms with van der Waals surface area (Å²) < 4.78 is 4.74. The molecule has 18 heavy (non-hydrogen) atoms. The second-order valence-electron chi connectivity index (χ2n) is 3.93. The van der Waals surface area contributed by atoms with Gasteiger partial charge >= 0.3 is 5.97 Å². The van der Waals surface area contributed by atoms with Crippen molar-refractivity contribution in [3.8, 4) is 0 Å². The number of nitrogens with zero attached hydrogens (tertiary/aromatic N) is 2. The number of methoxy groups -OCH3 is 1. The zero-order chi connectivity index (χ0) is 13.0. The van der Waals surface area contributed by atoms with Gasteiger partial charge in [0.15, 0.2) is 0 Å². The predicted octanol–water partition coefficient (Wildman–Crippen LogP) is 2.16. The molecule has 0 N–H and O–H groups in total. The molecule has 0 saturated carbocycles. The van der Waals surface area contributed by atoms with Gasteiger partial charge in [0.1, 0.15) is 5.82 Å². The molecule has 2 aromatic rings. The fourth-order valence-corrected chi connectivity index (χ4v) is 1.72. The molecule has 4 heteroatoms. The predicted molar refractivity (Wildman–Crippen MR) is 67.4 cm³/mol. The molecular formula is C14H14N2O2. The molecule has 92 valence electrons. The Labute approximate surface area is 106 Å². The van der Waals surface area contributed by atoms with Crippen molar-refractivity contribution in [1.29, 1.82) is 0 Å². The maximum atomic E-state index is 11.6. The van der Waals surface area contributed by atoms with Crippen LogP contribution in [0.25, 0.3) is 0 Å². The summed E-state index contributed by atoms with van der Waals surface area (Å²) in [6.45, 7) is 1.80. The van der Waals surface area contributed by atoms with E-state index in [1.807, 2.05) is 30.3 Å². The van der Waals surface area contributed by atoms with Gasteiger partial charge in [-0.2, -0.15) is 0 Å². The van der Waals surface area contributed by atoms with Gasteiger partial charge < -0.3 is 4.74 Å². The lowest BCUT2D eigenvalue weighted by atomic mass is 10.1. The molecule has 1 heterocycles. The Balaban J connectivity index is 2.36. The molecule has 1 aromatic carbocycles. The number of rotatable bonds is 3. The number of hydrogen-bond donors (Lipinski definition) is 0. The Morgan fingerprint density at radius 1 is 1.28 bits per heavy atom. The number of aromatic nitrogens is 2. The molecular weight excluding hydrogens is 228 g/mol. The molecule has 0 saturated heterocycles. The van der Waals surface area contributed by atoms with Crippen LogP contribution in [-0.4, -0.2) is 23.0 Å². The average molecular weight is 242 g/mol. The highest BCUT2D eigenvalue weighted by Gasteiger charge is 2.14. The van der Waals surface area contributed by atoms with E-state index in [1.165, 1.54) is 13.3 Å². The van der Waals surface area contributed by atoms with Crippen LogP contribution in [0.3, 0.4) is 0 Å². The number of esters is 1. The summed E-state index contributed by atoms with van der Waals surface area (Å²) in [4.78, 5) is 20.0. The van der Waals surface area contributed by atoms with Gasteiger partial charge in [-0.05, 0) is 12.5 Å². The first-order valence-corrected chi connectivity index (χ1v) is 5.65. The van der Waals surface area contributed by atoms with E-state index < -0.39 is 5.97 Å². The fraction of sp³-hybridized carbons (Fsp3) is 0.214. The molecule has 0 bridgehead atoms. The summed E-state index contributed by atoms with van der Waals surface area (Å²) >= 11 is 0. The maximum Gasteiger partial charge on any atom is 0.341 e.